The van der Waals surface area contributed by atoms with Gasteiger partial charge in [0.2, 0.25) is 11.8 Å². The van der Waals surface area contributed by atoms with Crippen LogP contribution in [0.2, 0.25) is 0 Å². The average molecular weight is 771 g/mol. The number of hydrogen-bond donors (Lipinski definition) is 1. The van der Waals surface area contributed by atoms with Crippen LogP contribution in [-0.4, -0.2) is 69.2 Å². The highest BCUT2D eigenvalue weighted by molar-refractivity contribution is 5.85. The van der Waals surface area contributed by atoms with Crippen molar-refractivity contribution in [1.29, 1.82) is 0 Å². The van der Waals surface area contributed by atoms with Gasteiger partial charge in [0.25, 0.3) is 0 Å². The molecule has 4 aliphatic rings. The summed E-state index contributed by atoms with van der Waals surface area (Å²) in [4.78, 5) is 25.4. The second-order valence-electron chi connectivity index (χ2n) is 15.0. The molecule has 4 fully saturated rings. The largest absolute Gasteiger partial charge is 0.480 e. The summed E-state index contributed by atoms with van der Waals surface area (Å²) in [5, 5.41) is 9.66. The van der Waals surface area contributed by atoms with E-state index < -0.39 is 25.2 Å². The Hall–Kier alpha value is -5.47. The zero-order valence-corrected chi connectivity index (χ0v) is 30.6. The molecule has 10 rings (SSSR count). The first-order valence-corrected chi connectivity index (χ1v) is 18.7. The Bertz CT molecular complexity index is 2480. The highest BCUT2D eigenvalue weighted by Gasteiger charge is 2.42. The van der Waals surface area contributed by atoms with Crippen LogP contribution < -0.4 is 9.47 Å². The van der Waals surface area contributed by atoms with E-state index in [1.807, 2.05) is 50.2 Å². The summed E-state index contributed by atoms with van der Waals surface area (Å²) in [6.07, 6.45) is 3.45. The molecule has 6 aromatic rings. The van der Waals surface area contributed by atoms with Crippen molar-refractivity contribution in [2.45, 2.75) is 77.9 Å². The molecule has 0 amide bonds. The lowest BCUT2D eigenvalue weighted by Crippen LogP contribution is -2.35. The summed E-state index contributed by atoms with van der Waals surface area (Å²) in [5.41, 5.74) is 7.51. The Labute approximate surface area is 318 Å². The number of nitrogens with zero attached hydrogens (tertiary/aromatic N) is 4. The first kappa shape index (κ1) is 36.2. The van der Waals surface area contributed by atoms with Crippen molar-refractivity contribution in [3.63, 3.8) is 0 Å². The molecule has 10 nitrogen and oxygen atoms in total. The maximum absolute atomic E-state index is 13.5. The maximum Gasteiger partial charge on any atom is 0.387 e. The Morgan fingerprint density at radius 3 is 1.75 bits per heavy atom. The van der Waals surface area contributed by atoms with Gasteiger partial charge in [0.15, 0.2) is 11.2 Å². The van der Waals surface area contributed by atoms with Crippen molar-refractivity contribution in [2.24, 2.45) is 5.92 Å². The number of aliphatic carboxylic acids is 1. The van der Waals surface area contributed by atoms with E-state index in [1.54, 1.807) is 17.0 Å². The van der Waals surface area contributed by atoms with Crippen molar-refractivity contribution in [1.82, 2.24) is 19.8 Å². The quantitative estimate of drug-likeness (QED) is 0.121. The Balaban J connectivity index is 1.04. The van der Waals surface area contributed by atoms with E-state index in [9.17, 15) is 27.5 Å². The van der Waals surface area contributed by atoms with E-state index in [1.165, 1.54) is 12.1 Å². The molecule has 2 bridgehead atoms. The molecule has 1 saturated carbocycles. The molecule has 2 aromatic heterocycles. The van der Waals surface area contributed by atoms with Gasteiger partial charge in [0, 0.05) is 60.1 Å². The second kappa shape index (κ2) is 14.2. The minimum absolute atomic E-state index is 0.0869. The van der Waals surface area contributed by atoms with Crippen LogP contribution in [0, 0.1) is 19.8 Å². The van der Waals surface area contributed by atoms with Crippen molar-refractivity contribution >= 4 is 28.2 Å². The lowest BCUT2D eigenvalue weighted by molar-refractivity contribution is -0.142. The molecule has 1 aliphatic carbocycles. The molecule has 3 aliphatic heterocycles. The fourth-order valence-electron chi connectivity index (χ4n) is 8.76. The number of aromatic nitrogens is 2. The molecule has 0 radical (unpaired) electrons. The molecular weight excluding hydrogens is 732 g/mol. The molecule has 0 spiro atoms. The number of ether oxygens (including phenoxy) is 2. The van der Waals surface area contributed by atoms with Crippen LogP contribution >= 0.6 is 0 Å². The summed E-state index contributed by atoms with van der Waals surface area (Å²) in [5.74, 6) is 0.332. The van der Waals surface area contributed by atoms with Gasteiger partial charge in [-0.15, -0.1) is 0 Å². The van der Waals surface area contributed by atoms with Gasteiger partial charge in [-0.1, -0.05) is 24.3 Å². The van der Waals surface area contributed by atoms with Gasteiger partial charge in [-0.05, 0) is 98.5 Å². The molecule has 4 aromatic carbocycles. The van der Waals surface area contributed by atoms with Crippen LogP contribution in [0.4, 0.5) is 17.6 Å². The number of carbonyl (C=O) groups is 1. The standard InChI is InChI=1S/C42H38F4N4O6/c1-21-27(6-3-8-29(21)38-47-31-14-24(19-49-11-5-10-33(49)40(51)52)34(55-41(43)44)16-36(31)53-38)28-7-4-9-30(22(28)2)39-48-32-15-25(20-50-18-23-12-26(50)13-23)35(56-42(45)46)17-37(32)54-39/h3-4,6-9,14-17,23,26,33,41-42H,5,10-13,18-20H2,1-2H3,(H,51,52)/t23?,26?,33-/m0/s1. The second-order valence-corrected chi connectivity index (χ2v) is 15.0. The molecule has 56 heavy (non-hydrogen) atoms. The van der Waals surface area contributed by atoms with Gasteiger partial charge in [0.1, 0.15) is 28.6 Å². The predicted molar refractivity (Wildman–Crippen MR) is 199 cm³/mol. The van der Waals surface area contributed by atoms with Gasteiger partial charge in [0.05, 0.1) is 0 Å². The van der Waals surface area contributed by atoms with Gasteiger partial charge >= 0.3 is 19.2 Å². The van der Waals surface area contributed by atoms with Gasteiger partial charge in [-0.25, -0.2) is 9.97 Å². The summed E-state index contributed by atoms with van der Waals surface area (Å²) < 4.78 is 76.2. The highest BCUT2D eigenvalue weighted by Crippen LogP contribution is 2.43. The van der Waals surface area contributed by atoms with Gasteiger partial charge in [-0.2, -0.15) is 17.6 Å². The minimum atomic E-state index is -3.09. The number of rotatable bonds is 12. The number of halogens is 4. The molecule has 1 N–H and O–H groups in total. The summed E-state index contributed by atoms with van der Waals surface area (Å²) in [6, 6.07) is 17.6. The number of carboxylic acid groups (broad SMARTS) is 1. The van der Waals surface area contributed by atoms with E-state index in [0.29, 0.717) is 77.1 Å². The Kier molecular flexibility index (Phi) is 9.20. The third kappa shape index (κ3) is 6.64. The van der Waals surface area contributed by atoms with Crippen LogP contribution in [0.15, 0.2) is 69.5 Å². The van der Waals surface area contributed by atoms with Crippen molar-refractivity contribution < 1.29 is 45.8 Å². The number of carboxylic acids is 1. The summed E-state index contributed by atoms with van der Waals surface area (Å²) in [7, 11) is 0. The average Bonchev–Trinajstić information content (AvgIpc) is 3.97. The number of likely N-dealkylation sites (tertiary alicyclic amines) is 1. The van der Waals surface area contributed by atoms with E-state index in [4.69, 9.17) is 28.3 Å². The number of fused-ring (bicyclic) bond motifs is 3. The fraction of sp³-hybridized carbons (Fsp3) is 0.357. The Morgan fingerprint density at radius 1 is 0.786 bits per heavy atom. The van der Waals surface area contributed by atoms with Crippen LogP contribution in [-0.2, 0) is 17.9 Å². The van der Waals surface area contributed by atoms with E-state index in [0.717, 1.165) is 47.2 Å². The third-order valence-corrected chi connectivity index (χ3v) is 11.6. The number of alkyl halides is 4. The van der Waals surface area contributed by atoms with Crippen LogP contribution in [0.5, 0.6) is 11.5 Å². The van der Waals surface area contributed by atoms with Crippen LogP contribution in [0.25, 0.3) is 56.2 Å². The first-order valence-electron chi connectivity index (χ1n) is 18.7. The zero-order chi connectivity index (χ0) is 38.8. The molecule has 0 unspecified atom stereocenters. The van der Waals surface area contributed by atoms with Crippen molar-refractivity contribution in [3.05, 3.63) is 82.9 Å². The SMILES string of the molecule is Cc1c(-c2nc3cc(CN4CC5CC4C5)c(OC(F)F)cc3o2)cccc1-c1cccc(-c2nc3cc(CN4CCC[C@H]4C(=O)O)c(OC(F)F)cc3o2)c1C. The first-order chi connectivity index (χ1) is 27.0. The smallest absolute Gasteiger partial charge is 0.387 e. The minimum Gasteiger partial charge on any atom is -0.480 e. The molecular formula is C42H38F4N4O6. The van der Waals surface area contributed by atoms with Crippen LogP contribution in [0.3, 0.4) is 0 Å². The van der Waals surface area contributed by atoms with E-state index >= 15 is 0 Å². The number of hydrogen-bond acceptors (Lipinski definition) is 9. The molecule has 3 saturated heterocycles. The molecule has 14 heteroatoms. The lowest BCUT2D eigenvalue weighted by atomic mass is 9.86. The summed E-state index contributed by atoms with van der Waals surface area (Å²) >= 11 is 0. The topological polar surface area (TPSA) is 114 Å². The zero-order valence-electron chi connectivity index (χ0n) is 30.6. The van der Waals surface area contributed by atoms with Gasteiger partial charge < -0.3 is 23.4 Å². The normalized spacial score (nSPS) is 19.8. The summed E-state index contributed by atoms with van der Waals surface area (Å²) in [6.45, 7) is -0.0844. The molecule has 1 atom stereocenters. The van der Waals surface area contributed by atoms with Crippen LogP contribution in [0.1, 0.15) is 47.9 Å². The molecule has 5 heterocycles. The maximum atomic E-state index is 13.5. The van der Waals surface area contributed by atoms with Gasteiger partial charge in [-0.3, -0.25) is 14.6 Å². The lowest BCUT2D eigenvalue weighted by Gasteiger charge is -2.26. The third-order valence-electron chi connectivity index (χ3n) is 11.6. The fourth-order valence-corrected chi connectivity index (χ4v) is 8.76. The molecule has 290 valence electrons. The van der Waals surface area contributed by atoms with E-state index in [-0.39, 0.29) is 29.5 Å². The monoisotopic (exact) mass is 770 g/mol. The Morgan fingerprint density at radius 2 is 1.29 bits per heavy atom. The van der Waals surface area contributed by atoms with Crippen molar-refractivity contribution in [2.75, 3.05) is 13.1 Å². The number of benzene rings is 4. The number of oxazole rings is 2. The highest BCUT2D eigenvalue weighted by atomic mass is 19.3. The van der Waals surface area contributed by atoms with E-state index in [2.05, 4.69) is 4.90 Å². The predicted octanol–water partition coefficient (Wildman–Crippen LogP) is 9.43. The van der Waals surface area contributed by atoms with Crippen molar-refractivity contribution in [3.8, 4) is 45.5 Å².